The number of carbonyl (C=O) groups excluding carboxylic acids is 1. The molecule has 152 valence electrons. The Morgan fingerprint density at radius 2 is 1.76 bits per heavy atom. The van der Waals surface area contributed by atoms with Gasteiger partial charge >= 0.3 is 0 Å². The summed E-state index contributed by atoms with van der Waals surface area (Å²) in [5.41, 5.74) is 4.23. The number of nitrogens with zero attached hydrogens (tertiary/aromatic N) is 2. The Bertz CT molecular complexity index is 869. The van der Waals surface area contributed by atoms with E-state index in [2.05, 4.69) is 30.5 Å². The van der Waals surface area contributed by atoms with Crippen LogP contribution in [-0.2, 0) is 6.61 Å². The minimum atomic E-state index is 0.0956. The SMILES string of the molecule is C=C([C@@H]1CCCN1C(=O)c1ccc(OCc2ccccc2C)cc1)N1CCCC1. The molecular formula is C25H30N2O2. The summed E-state index contributed by atoms with van der Waals surface area (Å²) in [7, 11) is 0. The van der Waals surface area contributed by atoms with Crippen molar-refractivity contribution in [3.05, 3.63) is 77.5 Å². The van der Waals surface area contributed by atoms with E-state index in [0.29, 0.717) is 6.61 Å². The molecule has 2 aromatic carbocycles. The van der Waals surface area contributed by atoms with Crippen molar-refractivity contribution in [1.29, 1.82) is 0 Å². The topological polar surface area (TPSA) is 32.8 Å². The van der Waals surface area contributed by atoms with Gasteiger partial charge in [0.25, 0.3) is 5.91 Å². The van der Waals surface area contributed by atoms with Crippen LogP contribution in [0, 0.1) is 6.92 Å². The minimum Gasteiger partial charge on any atom is -0.489 e. The second-order valence-electron chi connectivity index (χ2n) is 8.08. The van der Waals surface area contributed by atoms with Gasteiger partial charge in [-0.1, -0.05) is 30.8 Å². The molecule has 2 saturated heterocycles. The lowest BCUT2D eigenvalue weighted by atomic mass is 10.1. The first-order chi connectivity index (χ1) is 14.1. The number of amides is 1. The third-order valence-corrected chi connectivity index (χ3v) is 6.17. The maximum absolute atomic E-state index is 13.1. The lowest BCUT2D eigenvalue weighted by Crippen LogP contribution is -2.40. The van der Waals surface area contributed by atoms with Gasteiger partial charge in [0.05, 0.1) is 6.04 Å². The molecule has 0 aliphatic carbocycles. The van der Waals surface area contributed by atoms with Crippen molar-refractivity contribution in [3.8, 4) is 5.75 Å². The van der Waals surface area contributed by atoms with Crippen molar-refractivity contribution < 1.29 is 9.53 Å². The molecule has 2 aliphatic rings. The number of ether oxygens (including phenoxy) is 1. The fourth-order valence-electron chi connectivity index (χ4n) is 4.36. The maximum atomic E-state index is 13.1. The Morgan fingerprint density at radius 1 is 1.03 bits per heavy atom. The number of likely N-dealkylation sites (tertiary alicyclic amines) is 2. The molecular weight excluding hydrogens is 360 g/mol. The van der Waals surface area contributed by atoms with Gasteiger partial charge in [0.1, 0.15) is 12.4 Å². The van der Waals surface area contributed by atoms with Gasteiger partial charge in [-0.3, -0.25) is 4.79 Å². The third-order valence-electron chi connectivity index (χ3n) is 6.17. The molecule has 0 saturated carbocycles. The van der Waals surface area contributed by atoms with Crippen LogP contribution in [-0.4, -0.2) is 41.4 Å². The predicted octanol–water partition coefficient (Wildman–Crippen LogP) is 4.79. The molecule has 0 unspecified atom stereocenters. The normalized spacial score (nSPS) is 18.9. The van der Waals surface area contributed by atoms with Gasteiger partial charge in [-0.2, -0.15) is 0 Å². The molecule has 4 nitrogen and oxygen atoms in total. The zero-order valence-electron chi connectivity index (χ0n) is 17.3. The van der Waals surface area contributed by atoms with E-state index in [1.807, 2.05) is 41.3 Å². The van der Waals surface area contributed by atoms with Gasteiger partial charge in [0.15, 0.2) is 0 Å². The van der Waals surface area contributed by atoms with E-state index in [1.165, 1.54) is 24.0 Å². The second kappa shape index (κ2) is 8.73. The molecule has 0 radical (unpaired) electrons. The number of carbonyl (C=O) groups is 1. The molecule has 1 amide bonds. The summed E-state index contributed by atoms with van der Waals surface area (Å²) in [5.74, 6) is 0.877. The van der Waals surface area contributed by atoms with E-state index in [4.69, 9.17) is 4.74 Å². The Labute approximate surface area is 173 Å². The quantitative estimate of drug-likeness (QED) is 0.711. The Kier molecular flexibility index (Phi) is 5.89. The van der Waals surface area contributed by atoms with Gasteiger partial charge < -0.3 is 14.5 Å². The highest BCUT2D eigenvalue weighted by atomic mass is 16.5. The Hall–Kier alpha value is -2.75. The largest absolute Gasteiger partial charge is 0.489 e. The molecule has 4 heteroatoms. The van der Waals surface area contributed by atoms with Crippen molar-refractivity contribution >= 4 is 5.91 Å². The van der Waals surface area contributed by atoms with Crippen LogP contribution in [0.25, 0.3) is 0 Å². The first kappa shape index (κ1) is 19.6. The predicted molar refractivity (Wildman–Crippen MR) is 116 cm³/mol. The summed E-state index contributed by atoms with van der Waals surface area (Å²) in [5, 5.41) is 0. The van der Waals surface area contributed by atoms with Crippen LogP contribution in [0.4, 0.5) is 0 Å². The molecule has 1 atom stereocenters. The molecule has 29 heavy (non-hydrogen) atoms. The van der Waals surface area contributed by atoms with Crippen LogP contribution in [0.5, 0.6) is 5.75 Å². The number of hydrogen-bond acceptors (Lipinski definition) is 3. The molecule has 0 spiro atoms. The van der Waals surface area contributed by atoms with Crippen molar-refractivity contribution in [1.82, 2.24) is 9.80 Å². The fourth-order valence-corrected chi connectivity index (χ4v) is 4.36. The second-order valence-corrected chi connectivity index (χ2v) is 8.08. The van der Waals surface area contributed by atoms with E-state index >= 15 is 0 Å². The first-order valence-corrected chi connectivity index (χ1v) is 10.7. The average molecular weight is 391 g/mol. The van der Waals surface area contributed by atoms with Crippen LogP contribution < -0.4 is 4.74 Å². The van der Waals surface area contributed by atoms with Gasteiger partial charge in [-0.25, -0.2) is 0 Å². The fraction of sp³-hybridized carbons (Fsp3) is 0.400. The molecule has 2 aromatic rings. The zero-order valence-corrected chi connectivity index (χ0v) is 17.3. The molecule has 2 heterocycles. The molecule has 0 aromatic heterocycles. The van der Waals surface area contributed by atoms with Crippen LogP contribution in [0.15, 0.2) is 60.8 Å². The van der Waals surface area contributed by atoms with Crippen molar-refractivity contribution in [2.75, 3.05) is 19.6 Å². The molecule has 4 rings (SSSR count). The first-order valence-electron chi connectivity index (χ1n) is 10.7. The van der Waals surface area contributed by atoms with Crippen molar-refractivity contribution in [2.24, 2.45) is 0 Å². The molecule has 2 fully saturated rings. The van der Waals surface area contributed by atoms with Crippen LogP contribution in [0.1, 0.15) is 47.2 Å². The van der Waals surface area contributed by atoms with Gasteiger partial charge in [0.2, 0.25) is 0 Å². The molecule has 0 N–H and O–H groups in total. The number of benzene rings is 2. The highest BCUT2D eigenvalue weighted by Gasteiger charge is 2.33. The Morgan fingerprint density at radius 3 is 2.48 bits per heavy atom. The number of hydrogen-bond donors (Lipinski definition) is 0. The third kappa shape index (κ3) is 4.31. The zero-order chi connectivity index (χ0) is 20.2. The van der Waals surface area contributed by atoms with Gasteiger partial charge in [-0.15, -0.1) is 0 Å². The monoisotopic (exact) mass is 390 g/mol. The lowest BCUT2D eigenvalue weighted by Gasteiger charge is -2.32. The highest BCUT2D eigenvalue weighted by molar-refractivity contribution is 5.95. The van der Waals surface area contributed by atoms with Crippen LogP contribution >= 0.6 is 0 Å². The summed E-state index contributed by atoms with van der Waals surface area (Å²) < 4.78 is 5.91. The minimum absolute atomic E-state index is 0.0956. The van der Waals surface area contributed by atoms with Gasteiger partial charge in [-0.05, 0) is 68.0 Å². The van der Waals surface area contributed by atoms with E-state index in [9.17, 15) is 4.79 Å². The summed E-state index contributed by atoms with van der Waals surface area (Å²) in [4.78, 5) is 17.5. The number of rotatable bonds is 6. The highest BCUT2D eigenvalue weighted by Crippen LogP contribution is 2.29. The molecule has 0 bridgehead atoms. The summed E-state index contributed by atoms with van der Waals surface area (Å²) >= 11 is 0. The summed E-state index contributed by atoms with van der Waals surface area (Å²) in [6.45, 7) is 9.90. The Balaban J connectivity index is 1.39. The van der Waals surface area contributed by atoms with Crippen LogP contribution in [0.3, 0.4) is 0 Å². The average Bonchev–Trinajstić information content (AvgIpc) is 3.45. The smallest absolute Gasteiger partial charge is 0.254 e. The van der Waals surface area contributed by atoms with Crippen molar-refractivity contribution in [3.63, 3.8) is 0 Å². The summed E-state index contributed by atoms with van der Waals surface area (Å²) in [6.07, 6.45) is 4.51. The number of aryl methyl sites for hydroxylation is 1. The lowest BCUT2D eigenvalue weighted by molar-refractivity contribution is 0.0741. The van der Waals surface area contributed by atoms with E-state index < -0.39 is 0 Å². The van der Waals surface area contributed by atoms with E-state index in [-0.39, 0.29) is 11.9 Å². The molecule has 2 aliphatic heterocycles. The van der Waals surface area contributed by atoms with Crippen molar-refractivity contribution in [2.45, 2.75) is 45.3 Å². The maximum Gasteiger partial charge on any atom is 0.254 e. The van der Waals surface area contributed by atoms with Gasteiger partial charge in [0, 0.05) is 30.9 Å². The van der Waals surface area contributed by atoms with E-state index in [0.717, 1.165) is 49.5 Å². The standard InChI is InChI=1S/C25H30N2O2/c1-19-8-3-4-9-22(19)18-29-23-13-11-21(12-14-23)25(28)27-17-7-10-24(27)20(2)26-15-5-6-16-26/h3-4,8-9,11-14,24H,2,5-7,10,15-18H2,1H3/t24-/m0/s1. The van der Waals surface area contributed by atoms with E-state index in [1.54, 1.807) is 0 Å². The van der Waals surface area contributed by atoms with Crippen LogP contribution in [0.2, 0.25) is 0 Å². The summed E-state index contributed by atoms with van der Waals surface area (Å²) in [6, 6.07) is 15.9.